The number of benzene rings is 2. The maximum atomic E-state index is 14.0. The molecule has 3 rings (SSSR count). The van der Waals surface area contributed by atoms with Gasteiger partial charge < -0.3 is 20.1 Å². The van der Waals surface area contributed by atoms with Gasteiger partial charge in [-0.2, -0.15) is 5.26 Å². The summed E-state index contributed by atoms with van der Waals surface area (Å²) in [6.45, 7) is 6.67. The van der Waals surface area contributed by atoms with Crippen molar-refractivity contribution in [2.24, 2.45) is 0 Å². The quantitative estimate of drug-likeness (QED) is 0.784. The summed E-state index contributed by atoms with van der Waals surface area (Å²) in [5.74, 6) is -2.36. The lowest BCUT2D eigenvalue weighted by atomic mass is 9.87. The van der Waals surface area contributed by atoms with E-state index in [9.17, 15) is 19.1 Å². The third-order valence-electron chi connectivity index (χ3n) is 5.08. The number of aliphatic hydroxyl groups is 1. The summed E-state index contributed by atoms with van der Waals surface area (Å²) in [7, 11) is 0. The van der Waals surface area contributed by atoms with Gasteiger partial charge in [0.2, 0.25) is 0 Å². The van der Waals surface area contributed by atoms with E-state index in [4.69, 9.17) is 10.00 Å². The van der Waals surface area contributed by atoms with Gasteiger partial charge in [-0.15, -0.1) is 0 Å². The summed E-state index contributed by atoms with van der Waals surface area (Å²) in [6, 6.07) is 12.8. The number of aliphatic hydroxyl groups excluding tert-OH is 1. The van der Waals surface area contributed by atoms with Crippen molar-refractivity contribution in [1.29, 1.82) is 5.26 Å². The molecule has 1 fully saturated rings. The van der Waals surface area contributed by atoms with Crippen molar-refractivity contribution < 1.29 is 23.8 Å². The van der Waals surface area contributed by atoms with Crippen LogP contribution in [-0.2, 0) is 19.7 Å². The fourth-order valence-corrected chi connectivity index (χ4v) is 3.26. The molecule has 2 N–H and O–H groups in total. The lowest BCUT2D eigenvalue weighted by Gasteiger charge is -2.34. The van der Waals surface area contributed by atoms with Crippen LogP contribution in [0, 0.1) is 17.1 Å². The van der Waals surface area contributed by atoms with E-state index < -0.39 is 29.8 Å². The molecule has 31 heavy (non-hydrogen) atoms. The van der Waals surface area contributed by atoms with Crippen molar-refractivity contribution in [3.63, 3.8) is 0 Å². The van der Waals surface area contributed by atoms with Crippen LogP contribution in [0.1, 0.15) is 31.9 Å². The minimum absolute atomic E-state index is 0.0366. The molecule has 2 amide bonds. The highest BCUT2D eigenvalue weighted by molar-refractivity contribution is 6.03. The number of carbonyl (C=O) groups excluding carboxylic acids is 2. The Labute approximate surface area is 180 Å². The summed E-state index contributed by atoms with van der Waals surface area (Å²) >= 11 is 0. The zero-order valence-corrected chi connectivity index (χ0v) is 17.6. The van der Waals surface area contributed by atoms with Crippen LogP contribution in [0.2, 0.25) is 0 Å². The smallest absolute Gasteiger partial charge is 0.259 e. The highest BCUT2D eigenvalue weighted by Crippen LogP contribution is 2.27. The molecular weight excluding hydrogens is 401 g/mol. The van der Waals surface area contributed by atoms with E-state index in [1.54, 1.807) is 6.07 Å². The van der Waals surface area contributed by atoms with Gasteiger partial charge >= 0.3 is 0 Å². The molecule has 1 aliphatic heterocycles. The van der Waals surface area contributed by atoms with Crippen molar-refractivity contribution in [2.45, 2.75) is 38.4 Å². The van der Waals surface area contributed by atoms with E-state index in [1.165, 1.54) is 17.0 Å². The van der Waals surface area contributed by atoms with E-state index in [-0.39, 0.29) is 29.8 Å². The SMILES string of the molecule is CC(C)(C)c1ccc(N2CCO[C@H](C(O)C(=O)Nc3ccc(C#N)cc3F)C2=O)cc1. The van der Waals surface area contributed by atoms with Crippen molar-refractivity contribution in [1.82, 2.24) is 0 Å². The van der Waals surface area contributed by atoms with Crippen LogP contribution >= 0.6 is 0 Å². The molecule has 2 aromatic rings. The molecule has 0 bridgehead atoms. The fraction of sp³-hybridized carbons (Fsp3) is 0.348. The average Bonchev–Trinajstić information content (AvgIpc) is 2.74. The lowest BCUT2D eigenvalue weighted by Crippen LogP contribution is -2.55. The molecule has 1 unspecified atom stereocenters. The van der Waals surface area contributed by atoms with Gasteiger partial charge in [-0.05, 0) is 41.3 Å². The molecule has 2 aromatic carbocycles. The predicted molar refractivity (Wildman–Crippen MR) is 113 cm³/mol. The molecule has 0 aliphatic carbocycles. The molecule has 1 aliphatic rings. The number of ether oxygens (including phenoxy) is 1. The second-order valence-electron chi connectivity index (χ2n) is 8.32. The first-order chi connectivity index (χ1) is 14.6. The second kappa shape index (κ2) is 8.84. The van der Waals surface area contributed by atoms with Gasteiger partial charge in [-0.25, -0.2) is 4.39 Å². The number of nitrogens with zero attached hydrogens (tertiary/aromatic N) is 2. The number of nitrogens with one attached hydrogen (secondary N) is 1. The Hall–Kier alpha value is -3.28. The first kappa shape index (κ1) is 22.4. The van der Waals surface area contributed by atoms with Gasteiger partial charge in [0, 0.05) is 12.2 Å². The van der Waals surface area contributed by atoms with Crippen LogP contribution in [0.4, 0.5) is 15.8 Å². The van der Waals surface area contributed by atoms with Crippen LogP contribution in [0.15, 0.2) is 42.5 Å². The van der Waals surface area contributed by atoms with Crippen molar-refractivity contribution in [3.05, 3.63) is 59.4 Å². The van der Waals surface area contributed by atoms with Gasteiger partial charge in [-0.1, -0.05) is 32.9 Å². The summed E-state index contributed by atoms with van der Waals surface area (Å²) in [5, 5.41) is 21.4. The Balaban J connectivity index is 1.73. The van der Waals surface area contributed by atoms with Crippen LogP contribution in [-0.4, -0.2) is 42.3 Å². The summed E-state index contributed by atoms with van der Waals surface area (Å²) in [4.78, 5) is 26.8. The van der Waals surface area contributed by atoms with Crippen LogP contribution in [0.5, 0.6) is 0 Å². The van der Waals surface area contributed by atoms with E-state index in [0.717, 1.165) is 11.6 Å². The largest absolute Gasteiger partial charge is 0.380 e. The van der Waals surface area contributed by atoms with E-state index in [0.29, 0.717) is 5.69 Å². The topological polar surface area (TPSA) is 103 Å². The number of amides is 2. The van der Waals surface area contributed by atoms with E-state index in [1.807, 2.05) is 24.3 Å². The molecule has 0 aromatic heterocycles. The molecule has 0 radical (unpaired) electrons. The van der Waals surface area contributed by atoms with Gasteiger partial charge in [0.25, 0.3) is 11.8 Å². The molecule has 1 heterocycles. The number of anilines is 2. The number of morpholine rings is 1. The molecule has 0 spiro atoms. The zero-order chi connectivity index (χ0) is 22.8. The zero-order valence-electron chi connectivity index (χ0n) is 17.6. The third-order valence-corrected chi connectivity index (χ3v) is 5.08. The maximum absolute atomic E-state index is 14.0. The number of hydrogen-bond acceptors (Lipinski definition) is 5. The van der Waals surface area contributed by atoms with Crippen LogP contribution in [0.25, 0.3) is 0 Å². The van der Waals surface area contributed by atoms with Crippen LogP contribution < -0.4 is 10.2 Å². The highest BCUT2D eigenvalue weighted by atomic mass is 19.1. The highest BCUT2D eigenvalue weighted by Gasteiger charge is 2.39. The number of nitriles is 1. The van der Waals surface area contributed by atoms with Crippen molar-refractivity contribution in [3.8, 4) is 6.07 Å². The first-order valence-corrected chi connectivity index (χ1v) is 9.84. The average molecular weight is 425 g/mol. The molecular formula is C23H24FN3O4. The number of carbonyl (C=O) groups is 2. The number of halogens is 1. The Kier molecular flexibility index (Phi) is 6.39. The van der Waals surface area contributed by atoms with Crippen molar-refractivity contribution in [2.75, 3.05) is 23.4 Å². The third kappa shape index (κ3) is 4.90. The van der Waals surface area contributed by atoms with Crippen LogP contribution in [0.3, 0.4) is 0 Å². The van der Waals surface area contributed by atoms with E-state index >= 15 is 0 Å². The summed E-state index contributed by atoms with van der Waals surface area (Å²) in [6.07, 6.45) is -3.25. The molecule has 7 nitrogen and oxygen atoms in total. The lowest BCUT2D eigenvalue weighted by molar-refractivity contribution is -0.150. The minimum Gasteiger partial charge on any atom is -0.380 e. The summed E-state index contributed by atoms with van der Waals surface area (Å²) < 4.78 is 19.4. The number of hydrogen-bond donors (Lipinski definition) is 2. The normalized spacial score (nSPS) is 17.7. The second-order valence-corrected chi connectivity index (χ2v) is 8.32. The molecule has 1 saturated heterocycles. The number of rotatable bonds is 4. The summed E-state index contributed by atoms with van der Waals surface area (Å²) in [5.41, 5.74) is 1.59. The molecule has 162 valence electrons. The Morgan fingerprint density at radius 3 is 2.55 bits per heavy atom. The first-order valence-electron chi connectivity index (χ1n) is 9.84. The molecule has 0 saturated carbocycles. The Morgan fingerprint density at radius 1 is 1.29 bits per heavy atom. The predicted octanol–water partition coefficient (Wildman–Crippen LogP) is 2.73. The molecule has 2 atom stereocenters. The van der Waals surface area contributed by atoms with Gasteiger partial charge in [-0.3, -0.25) is 9.59 Å². The Morgan fingerprint density at radius 2 is 1.97 bits per heavy atom. The van der Waals surface area contributed by atoms with E-state index in [2.05, 4.69) is 26.1 Å². The minimum atomic E-state index is -1.83. The van der Waals surface area contributed by atoms with Gasteiger partial charge in [0.1, 0.15) is 5.82 Å². The van der Waals surface area contributed by atoms with Crippen molar-refractivity contribution >= 4 is 23.2 Å². The molecule has 8 heteroatoms. The van der Waals surface area contributed by atoms with Gasteiger partial charge in [0.05, 0.1) is 23.9 Å². The Bertz CT molecular complexity index is 1020. The standard InChI is InChI=1S/C23H24FN3O4/c1-23(2,3)15-5-7-16(8-6-15)27-10-11-31-20(22(27)30)19(28)21(29)26-18-9-4-14(13-25)12-17(18)24/h4-9,12,19-20,28H,10-11H2,1-3H3,(H,26,29)/t19?,20-/m1/s1. The van der Waals surface area contributed by atoms with Gasteiger partial charge in [0.15, 0.2) is 12.2 Å². The monoisotopic (exact) mass is 425 g/mol. The fourth-order valence-electron chi connectivity index (χ4n) is 3.26. The maximum Gasteiger partial charge on any atom is 0.259 e.